The maximum atomic E-state index is 3.79. The van der Waals surface area contributed by atoms with E-state index >= 15 is 0 Å². The van der Waals surface area contributed by atoms with Gasteiger partial charge in [0.25, 0.3) is 0 Å². The van der Waals surface area contributed by atoms with Crippen molar-refractivity contribution in [2.24, 2.45) is 5.92 Å². The van der Waals surface area contributed by atoms with Crippen molar-refractivity contribution in [3.8, 4) is 0 Å². The molecule has 1 aliphatic heterocycles. The van der Waals surface area contributed by atoms with E-state index in [-0.39, 0.29) is 0 Å². The lowest BCUT2D eigenvalue weighted by Crippen LogP contribution is -2.36. The monoisotopic (exact) mass is 348 g/mol. The predicted octanol–water partition coefficient (Wildman–Crippen LogP) is 4.61. The number of nitrogens with zero attached hydrogens (tertiary/aromatic N) is 1. The largest absolute Gasteiger partial charge is 0.310 e. The molecule has 0 amide bonds. The maximum absolute atomic E-state index is 3.79. The van der Waals surface area contributed by atoms with E-state index in [1.807, 2.05) is 0 Å². The van der Waals surface area contributed by atoms with Crippen LogP contribution in [0.2, 0.25) is 0 Å². The van der Waals surface area contributed by atoms with Crippen LogP contribution in [0.25, 0.3) is 0 Å². The molecule has 1 fully saturated rings. The molecule has 2 aliphatic rings. The van der Waals surface area contributed by atoms with Crippen molar-refractivity contribution in [3.63, 3.8) is 0 Å². The van der Waals surface area contributed by atoms with Crippen LogP contribution in [0.5, 0.6) is 0 Å². The smallest absolute Gasteiger partial charge is 0.0326 e. The van der Waals surface area contributed by atoms with Crippen LogP contribution in [0.4, 0.5) is 0 Å². The Balaban J connectivity index is 1.13. The van der Waals surface area contributed by atoms with Gasteiger partial charge >= 0.3 is 0 Å². The van der Waals surface area contributed by atoms with Gasteiger partial charge in [0.2, 0.25) is 0 Å². The highest BCUT2D eigenvalue weighted by Gasteiger charge is 2.22. The Labute approximate surface area is 158 Å². The van der Waals surface area contributed by atoms with E-state index in [9.17, 15) is 0 Å². The van der Waals surface area contributed by atoms with Crippen molar-refractivity contribution in [1.29, 1.82) is 0 Å². The number of aryl methyl sites for hydroxylation is 1. The van der Waals surface area contributed by atoms with Crippen LogP contribution in [0.1, 0.15) is 48.4 Å². The van der Waals surface area contributed by atoms with Crippen molar-refractivity contribution in [2.45, 2.75) is 44.6 Å². The van der Waals surface area contributed by atoms with Gasteiger partial charge in [-0.2, -0.15) is 0 Å². The predicted molar refractivity (Wildman–Crippen MR) is 109 cm³/mol. The number of fused-ring (bicyclic) bond motifs is 1. The molecule has 0 bridgehead atoms. The third-order valence-corrected chi connectivity index (χ3v) is 6.25. The molecular formula is C24H32N2. The highest BCUT2D eigenvalue weighted by Crippen LogP contribution is 2.30. The topological polar surface area (TPSA) is 15.3 Å². The highest BCUT2D eigenvalue weighted by atomic mass is 15.1. The Morgan fingerprint density at radius 3 is 2.50 bits per heavy atom. The average molecular weight is 349 g/mol. The van der Waals surface area contributed by atoms with Crippen LogP contribution >= 0.6 is 0 Å². The van der Waals surface area contributed by atoms with E-state index in [0.29, 0.717) is 6.04 Å². The molecule has 2 aromatic rings. The molecule has 1 heterocycles. The normalized spacial score (nSPS) is 21.0. The van der Waals surface area contributed by atoms with Gasteiger partial charge in [0, 0.05) is 6.04 Å². The van der Waals surface area contributed by atoms with Crippen LogP contribution < -0.4 is 5.32 Å². The molecule has 26 heavy (non-hydrogen) atoms. The van der Waals surface area contributed by atoms with Crippen molar-refractivity contribution >= 4 is 0 Å². The number of hydrogen-bond donors (Lipinski definition) is 1. The van der Waals surface area contributed by atoms with Crippen LogP contribution in [-0.4, -0.2) is 31.1 Å². The molecule has 0 radical (unpaired) electrons. The Bertz CT molecular complexity index is 674. The summed E-state index contributed by atoms with van der Waals surface area (Å²) < 4.78 is 0. The van der Waals surface area contributed by atoms with Crippen molar-refractivity contribution in [2.75, 3.05) is 26.2 Å². The summed E-state index contributed by atoms with van der Waals surface area (Å²) in [7, 11) is 0. The molecule has 0 spiro atoms. The van der Waals surface area contributed by atoms with Crippen LogP contribution in [-0.2, 0) is 12.8 Å². The molecule has 1 saturated heterocycles. The molecule has 1 unspecified atom stereocenters. The Hall–Kier alpha value is -1.64. The van der Waals surface area contributed by atoms with E-state index in [4.69, 9.17) is 0 Å². The molecule has 1 N–H and O–H groups in total. The van der Waals surface area contributed by atoms with Crippen molar-refractivity contribution in [3.05, 3.63) is 71.3 Å². The van der Waals surface area contributed by atoms with E-state index in [1.54, 1.807) is 5.56 Å². The first kappa shape index (κ1) is 17.8. The zero-order chi connectivity index (χ0) is 17.6. The fourth-order valence-electron chi connectivity index (χ4n) is 4.71. The molecule has 2 aromatic carbocycles. The zero-order valence-electron chi connectivity index (χ0n) is 15.9. The molecule has 1 atom stereocenters. The molecule has 0 saturated carbocycles. The third kappa shape index (κ3) is 4.55. The second-order valence-corrected chi connectivity index (χ2v) is 8.07. The number of hydrogen-bond acceptors (Lipinski definition) is 2. The number of benzene rings is 2. The standard InChI is InChI=1S/C24H32N2/c1-2-7-20(8-3-1)19-21-13-17-26(18-14-21)16-6-15-25-24-12-11-22-9-4-5-10-23(22)24/h1-5,7-10,21,24-25H,6,11-19H2. The van der Waals surface area contributed by atoms with Gasteiger partial charge in [-0.3, -0.25) is 0 Å². The van der Waals surface area contributed by atoms with Crippen molar-refractivity contribution in [1.82, 2.24) is 10.2 Å². The quantitative estimate of drug-likeness (QED) is 0.735. The second-order valence-electron chi connectivity index (χ2n) is 8.07. The zero-order valence-corrected chi connectivity index (χ0v) is 15.9. The average Bonchev–Trinajstić information content (AvgIpc) is 3.11. The summed E-state index contributed by atoms with van der Waals surface area (Å²) in [6, 6.07) is 20.5. The van der Waals surface area contributed by atoms with Crippen LogP contribution in [0.15, 0.2) is 54.6 Å². The van der Waals surface area contributed by atoms with E-state index in [2.05, 4.69) is 64.8 Å². The molecule has 2 nitrogen and oxygen atoms in total. The van der Waals surface area contributed by atoms with Gasteiger partial charge in [0.05, 0.1) is 0 Å². The minimum absolute atomic E-state index is 0.586. The lowest BCUT2D eigenvalue weighted by molar-refractivity contribution is 0.181. The van der Waals surface area contributed by atoms with Crippen LogP contribution in [0.3, 0.4) is 0 Å². The van der Waals surface area contributed by atoms with Gasteiger partial charge in [-0.15, -0.1) is 0 Å². The van der Waals surface area contributed by atoms with Gasteiger partial charge in [0.15, 0.2) is 0 Å². The van der Waals surface area contributed by atoms with Crippen molar-refractivity contribution < 1.29 is 0 Å². The van der Waals surface area contributed by atoms with Gasteiger partial charge < -0.3 is 10.2 Å². The van der Waals surface area contributed by atoms with Gasteiger partial charge in [-0.25, -0.2) is 0 Å². The lowest BCUT2D eigenvalue weighted by atomic mass is 9.90. The van der Waals surface area contributed by atoms with Crippen LogP contribution in [0, 0.1) is 5.92 Å². The fourth-order valence-corrected chi connectivity index (χ4v) is 4.71. The number of rotatable bonds is 7. The maximum Gasteiger partial charge on any atom is 0.0326 e. The molecule has 4 rings (SSSR count). The Kier molecular flexibility index (Phi) is 6.03. The number of nitrogens with one attached hydrogen (secondary N) is 1. The Morgan fingerprint density at radius 2 is 1.65 bits per heavy atom. The summed E-state index contributed by atoms with van der Waals surface area (Å²) in [6.07, 6.45) is 7.75. The highest BCUT2D eigenvalue weighted by molar-refractivity contribution is 5.34. The summed E-state index contributed by atoms with van der Waals surface area (Å²) in [5.74, 6) is 0.877. The molecule has 2 heteroatoms. The SMILES string of the molecule is c1ccc(CC2CCN(CCCNC3CCc4ccccc43)CC2)cc1. The summed E-state index contributed by atoms with van der Waals surface area (Å²) in [5, 5.41) is 3.79. The number of likely N-dealkylation sites (tertiary alicyclic amines) is 1. The molecule has 0 aromatic heterocycles. The minimum Gasteiger partial charge on any atom is -0.310 e. The number of piperidine rings is 1. The summed E-state index contributed by atoms with van der Waals surface area (Å²) in [5.41, 5.74) is 4.59. The molecular weight excluding hydrogens is 316 g/mol. The molecule has 1 aliphatic carbocycles. The second kappa shape index (κ2) is 8.83. The van der Waals surface area contributed by atoms with Gasteiger partial charge in [0.1, 0.15) is 0 Å². The first-order chi connectivity index (χ1) is 12.9. The lowest BCUT2D eigenvalue weighted by Gasteiger charge is -2.32. The first-order valence-electron chi connectivity index (χ1n) is 10.5. The van der Waals surface area contributed by atoms with E-state index in [1.165, 1.54) is 69.3 Å². The third-order valence-electron chi connectivity index (χ3n) is 6.25. The van der Waals surface area contributed by atoms with E-state index < -0.39 is 0 Å². The Morgan fingerprint density at radius 1 is 0.885 bits per heavy atom. The van der Waals surface area contributed by atoms with E-state index in [0.717, 1.165) is 12.5 Å². The summed E-state index contributed by atoms with van der Waals surface area (Å²) >= 11 is 0. The molecule has 138 valence electrons. The first-order valence-corrected chi connectivity index (χ1v) is 10.5. The fraction of sp³-hybridized carbons (Fsp3) is 0.500. The summed E-state index contributed by atoms with van der Waals surface area (Å²) in [4.78, 5) is 2.67. The minimum atomic E-state index is 0.586. The van der Waals surface area contributed by atoms with Gasteiger partial charge in [-0.05, 0) is 87.3 Å². The van der Waals surface area contributed by atoms with Gasteiger partial charge in [-0.1, -0.05) is 54.6 Å². The summed E-state index contributed by atoms with van der Waals surface area (Å²) in [6.45, 7) is 4.95.